The minimum absolute atomic E-state index is 1.22. The number of rotatable bonds is 4. The lowest BCUT2D eigenvalue weighted by atomic mass is 9.90. The van der Waals surface area contributed by atoms with Gasteiger partial charge in [-0.3, -0.25) is 0 Å². The maximum atomic E-state index is 3.00. The summed E-state index contributed by atoms with van der Waals surface area (Å²) in [5, 5.41) is 10.4. The summed E-state index contributed by atoms with van der Waals surface area (Å²) >= 11 is 0. The molecule has 0 aliphatic rings. The van der Waals surface area contributed by atoms with E-state index in [4.69, 9.17) is 0 Å². The van der Waals surface area contributed by atoms with E-state index >= 15 is 0 Å². The lowest BCUT2D eigenvalue weighted by Gasteiger charge is -2.13. The first-order valence-corrected chi connectivity index (χ1v) is 24.1. The zero-order valence-corrected chi connectivity index (χ0v) is 41.8. The quantitative estimate of drug-likeness (QED) is 0.122. The Labute approximate surface area is 389 Å². The maximum absolute atomic E-state index is 3.00. The average molecular weight is 847 g/mol. The van der Waals surface area contributed by atoms with Crippen LogP contribution in [0.5, 0.6) is 0 Å². The summed E-state index contributed by atoms with van der Waals surface area (Å²) in [6.45, 7) is 32.9. The first-order chi connectivity index (χ1) is 31.4. The van der Waals surface area contributed by atoms with Gasteiger partial charge in [0.25, 0.3) is 0 Å². The lowest BCUT2D eigenvalue weighted by Crippen LogP contribution is -1.88. The third kappa shape index (κ3) is 13.9. The third-order valence-corrected chi connectivity index (χ3v) is 9.65. The van der Waals surface area contributed by atoms with Crippen LogP contribution in [-0.4, -0.2) is 0 Å². The van der Waals surface area contributed by atoms with Gasteiger partial charge in [0, 0.05) is 0 Å². The number of hydrogen-bond donors (Lipinski definition) is 0. The van der Waals surface area contributed by atoms with Crippen molar-refractivity contribution in [2.24, 2.45) is 0 Å². The molecule has 0 radical (unpaired) electrons. The molecule has 64 heavy (non-hydrogen) atoms. The molecule has 0 heterocycles. The molecule has 0 aliphatic carbocycles. The molecule has 0 atom stereocenters. The predicted molar refractivity (Wildman–Crippen MR) is 296 cm³/mol. The maximum Gasteiger partial charge on any atom is -0.00928 e. The average Bonchev–Trinajstić information content (AvgIpc) is 3.37. The fraction of sp³-hybridized carbons (Fsp3) is 0.250. The van der Waals surface area contributed by atoms with Crippen LogP contribution < -0.4 is 0 Å². The van der Waals surface area contributed by atoms with E-state index in [1.54, 1.807) is 0 Å². The van der Waals surface area contributed by atoms with E-state index in [1.165, 1.54) is 112 Å². The Morgan fingerprint density at radius 2 is 0.594 bits per heavy atom. The molecule has 0 saturated carbocycles. The molecule has 9 aromatic carbocycles. The Morgan fingerprint density at radius 1 is 0.281 bits per heavy atom. The molecular weight excluding hydrogens is 769 g/mol. The largest absolute Gasteiger partial charge is 0.106 e. The third-order valence-electron chi connectivity index (χ3n) is 9.65. The van der Waals surface area contributed by atoms with Crippen molar-refractivity contribution in [3.05, 3.63) is 195 Å². The van der Waals surface area contributed by atoms with E-state index in [1.807, 2.05) is 41.5 Å². The van der Waals surface area contributed by atoms with Crippen LogP contribution in [0.3, 0.4) is 0 Å². The highest BCUT2D eigenvalue weighted by Gasteiger charge is 2.12. The van der Waals surface area contributed by atoms with E-state index in [0.717, 1.165) is 0 Å². The molecule has 0 spiro atoms. The highest BCUT2D eigenvalue weighted by molar-refractivity contribution is 6.25. The number of fused-ring (bicyclic) bond motifs is 7. The molecule has 0 nitrogen and oxygen atoms in total. The summed E-state index contributed by atoms with van der Waals surface area (Å²) in [6, 6.07) is 64.7. The van der Waals surface area contributed by atoms with E-state index in [9.17, 15) is 0 Å². The van der Waals surface area contributed by atoms with E-state index in [2.05, 4.69) is 238 Å². The number of aryl methyl sites for hydroxylation is 1. The molecule has 0 fully saturated rings. The zero-order chi connectivity index (χ0) is 47.4. The molecule has 0 aromatic heterocycles. The van der Waals surface area contributed by atoms with Gasteiger partial charge in [0.05, 0.1) is 0 Å². The molecule has 0 heteroatoms. The van der Waals surface area contributed by atoms with Crippen molar-refractivity contribution in [2.75, 3.05) is 0 Å². The lowest BCUT2D eigenvalue weighted by molar-refractivity contribution is 1.09. The van der Waals surface area contributed by atoms with Gasteiger partial charge in [-0.15, -0.1) is 13.2 Å². The summed E-state index contributed by atoms with van der Waals surface area (Å²) in [7, 11) is 0. The Morgan fingerprint density at radius 3 is 1.08 bits per heavy atom. The van der Waals surface area contributed by atoms with Crippen molar-refractivity contribution in [1.82, 2.24) is 0 Å². The number of hydrogen-bond acceptors (Lipinski definition) is 0. The summed E-state index contributed by atoms with van der Waals surface area (Å²) < 4.78 is 0. The number of benzene rings is 9. The smallest absolute Gasteiger partial charge is 0.00928 e. The van der Waals surface area contributed by atoms with Crippen LogP contribution >= 0.6 is 0 Å². The van der Waals surface area contributed by atoms with Crippen molar-refractivity contribution < 1.29 is 0 Å². The highest BCUT2D eigenvalue weighted by Crippen LogP contribution is 2.38. The Balaban J connectivity index is 0.000000736. The summed E-state index contributed by atoms with van der Waals surface area (Å²) in [4.78, 5) is 0. The van der Waals surface area contributed by atoms with E-state index in [0.29, 0.717) is 0 Å². The first kappa shape index (κ1) is 53.9. The molecule has 0 aliphatic heterocycles. The van der Waals surface area contributed by atoms with Gasteiger partial charge < -0.3 is 0 Å². The van der Waals surface area contributed by atoms with Gasteiger partial charge >= 0.3 is 0 Å². The van der Waals surface area contributed by atoms with Gasteiger partial charge in [-0.2, -0.15) is 0 Å². The first-order valence-electron chi connectivity index (χ1n) is 24.1. The predicted octanol–water partition coefficient (Wildman–Crippen LogP) is 21.4. The molecule has 0 unspecified atom stereocenters. The molecule has 334 valence electrons. The van der Waals surface area contributed by atoms with Crippen LogP contribution in [0.25, 0.3) is 87.6 Å². The Kier molecular flexibility index (Phi) is 25.2. The topological polar surface area (TPSA) is 0 Å². The van der Waals surface area contributed by atoms with Crippen molar-refractivity contribution >= 4 is 43.1 Å². The Bertz CT molecular complexity index is 2670. The molecule has 0 N–H and O–H groups in total. The van der Waals surface area contributed by atoms with Gasteiger partial charge in [-0.05, 0) is 124 Å². The van der Waals surface area contributed by atoms with Crippen LogP contribution in [0.4, 0.5) is 0 Å². The SMILES string of the molecule is C=C.CC.CC.CC.CCC.CCC.CCC.Cc1cc(-c2cccc(-c3ccc4c5ccccc5c5ccccc5c4c3)c2)cc(-c2cccc(-c3cccc4ccccc34)c2)c1. The van der Waals surface area contributed by atoms with Crippen molar-refractivity contribution in [3.8, 4) is 44.5 Å². The fourth-order valence-corrected chi connectivity index (χ4v) is 7.43. The molecule has 9 rings (SSSR count). The van der Waals surface area contributed by atoms with Crippen molar-refractivity contribution in [1.29, 1.82) is 0 Å². The second kappa shape index (κ2) is 30.0. The van der Waals surface area contributed by atoms with Gasteiger partial charge in [0.2, 0.25) is 0 Å². The fourth-order valence-electron chi connectivity index (χ4n) is 7.43. The second-order valence-corrected chi connectivity index (χ2v) is 14.7. The summed E-state index contributed by atoms with van der Waals surface area (Å²) in [5.41, 5.74) is 11.1. The van der Waals surface area contributed by atoms with E-state index in [-0.39, 0.29) is 0 Å². The van der Waals surface area contributed by atoms with Gasteiger partial charge in [0.1, 0.15) is 0 Å². The minimum Gasteiger partial charge on any atom is -0.106 e. The minimum atomic E-state index is 1.22. The van der Waals surface area contributed by atoms with Crippen molar-refractivity contribution in [3.63, 3.8) is 0 Å². The Hall–Kier alpha value is -6.24. The molecular formula is C64H78. The molecule has 0 bridgehead atoms. The molecule has 0 saturated heterocycles. The zero-order valence-electron chi connectivity index (χ0n) is 41.8. The summed E-state index contributed by atoms with van der Waals surface area (Å²) in [6.07, 6.45) is 3.75. The molecule has 0 amide bonds. The van der Waals surface area contributed by atoms with E-state index < -0.39 is 0 Å². The van der Waals surface area contributed by atoms with Gasteiger partial charge in [-0.1, -0.05) is 254 Å². The van der Waals surface area contributed by atoms with Crippen LogP contribution in [0, 0.1) is 6.92 Å². The monoisotopic (exact) mass is 847 g/mol. The van der Waals surface area contributed by atoms with Crippen LogP contribution in [0.2, 0.25) is 0 Å². The normalized spacial score (nSPS) is 9.64. The van der Waals surface area contributed by atoms with Gasteiger partial charge in [-0.25, -0.2) is 0 Å². The summed E-state index contributed by atoms with van der Waals surface area (Å²) in [5.74, 6) is 0. The van der Waals surface area contributed by atoms with Gasteiger partial charge in [0.15, 0.2) is 0 Å². The van der Waals surface area contributed by atoms with Crippen LogP contribution in [0.1, 0.15) is 108 Å². The van der Waals surface area contributed by atoms with Crippen LogP contribution in [-0.2, 0) is 0 Å². The highest BCUT2D eigenvalue weighted by atomic mass is 14.2. The second-order valence-electron chi connectivity index (χ2n) is 14.7. The molecule has 9 aromatic rings. The van der Waals surface area contributed by atoms with Crippen molar-refractivity contribution in [2.45, 2.75) is 109 Å². The standard InChI is InChI=1S/C47H32.3C3H8.3C2H6.C2H4/c1-31-25-38(29-39(26-31)35-15-9-16-37(28-35)41-22-10-12-32-11-2-3-17-40(32)41)34-14-8-13-33(27-34)36-23-24-46-44-20-5-4-18-42(44)43-19-6-7-21-45(43)47(46)30-36;3*1-3-2;4*1-2/h2-30H,1H3;3*3H2,1-2H3;3*1-2H3;1-2H2. The van der Waals surface area contributed by atoms with Crippen LogP contribution in [0.15, 0.2) is 189 Å².